The highest BCUT2D eigenvalue weighted by atomic mass is 16.7. The van der Waals surface area contributed by atoms with Crippen LogP contribution in [0.2, 0.25) is 0 Å². The zero-order valence-corrected chi connectivity index (χ0v) is 72.3. The Balaban J connectivity index is 0.000000139. The summed E-state index contributed by atoms with van der Waals surface area (Å²) < 4.78 is 10.5. The molecule has 0 radical (unpaired) electrons. The van der Waals surface area contributed by atoms with Crippen molar-refractivity contribution in [2.75, 3.05) is 87.1 Å². The van der Waals surface area contributed by atoms with Crippen LogP contribution in [0.1, 0.15) is 71.6 Å². The fourth-order valence-electron chi connectivity index (χ4n) is 17.8. The maximum absolute atomic E-state index is 11.2. The molecule has 0 spiro atoms. The molecule has 2 saturated heterocycles. The van der Waals surface area contributed by atoms with Gasteiger partial charge in [-0.15, -0.1) is 0 Å². The van der Waals surface area contributed by atoms with Gasteiger partial charge in [0.2, 0.25) is 0 Å². The molecule has 0 amide bonds. The summed E-state index contributed by atoms with van der Waals surface area (Å²) in [5, 5.41) is 121. The van der Waals surface area contributed by atoms with E-state index < -0.39 is 49.2 Å². The van der Waals surface area contributed by atoms with E-state index in [1.54, 1.807) is 60.7 Å². The number of likely N-dealkylation sites (tertiary alicyclic amines) is 2. The number of rotatable bonds is 31. The lowest BCUT2D eigenvalue weighted by Crippen LogP contribution is -2.26. The van der Waals surface area contributed by atoms with Gasteiger partial charge in [0.25, 0.3) is 56.9 Å². The number of nitrogens with one attached hydrogen (secondary N) is 1. The van der Waals surface area contributed by atoms with E-state index in [9.17, 15) is 101 Å². The number of fused-ring (bicyclic) bond motifs is 15. The fraction of sp³-hybridized carbons (Fsp3) is 0.333. The van der Waals surface area contributed by atoms with Gasteiger partial charge in [0.15, 0.2) is 0 Å². The van der Waals surface area contributed by atoms with Gasteiger partial charge < -0.3 is 47.8 Å². The first-order chi connectivity index (χ1) is 62.4. The largest absolute Gasteiger partial charge is 0.340 e. The molecule has 40 nitrogen and oxygen atoms in total. The number of aromatic nitrogens is 5. The molecule has 1 atom stereocenters. The van der Waals surface area contributed by atoms with E-state index in [4.69, 9.17) is 0 Å². The predicted octanol–water partition coefficient (Wildman–Crippen LogP) is 19.3. The summed E-state index contributed by atoms with van der Waals surface area (Å²) >= 11 is 0. The zero-order valence-electron chi connectivity index (χ0n) is 72.3. The first kappa shape index (κ1) is 92.7. The van der Waals surface area contributed by atoms with E-state index in [1.165, 1.54) is 147 Å². The summed E-state index contributed by atoms with van der Waals surface area (Å²) in [4.78, 5) is 116. The van der Waals surface area contributed by atoms with Gasteiger partial charge in [0.05, 0.1) is 49.2 Å². The van der Waals surface area contributed by atoms with Crippen molar-refractivity contribution >= 4 is 166 Å². The molecule has 0 saturated carbocycles. The highest BCUT2D eigenvalue weighted by molar-refractivity contribution is 6.13. The average molecular weight is 1780 g/mol. The van der Waals surface area contributed by atoms with E-state index in [0.717, 1.165) is 179 Å². The Labute approximate surface area is 740 Å². The van der Waals surface area contributed by atoms with Crippen LogP contribution < -0.4 is 5.32 Å². The summed E-state index contributed by atoms with van der Waals surface area (Å²) in [5.74, 6) is 0. The summed E-state index contributed by atoms with van der Waals surface area (Å²) in [6.45, 7) is 17.1. The standard InChI is InChI=1S/2C19H20N4O4.C19H22N4O4.C17H18N4O4.C16H16N4O4/c1-20-9-2-3-13(20)8-10-21-18-6-4-14(22(24)25)11-16(18)17-12-15(23(26)27)5-7-19(17)21;24-22(25)14-4-6-18-16(12-14)17-13-15(23(26)27)5-7-19(17)21(18)11-3-10-20-8-1-2-9-20;1-3-20(4-2)10-5-11-21-18-8-6-14(22(24)25)12-16(18)17-13-15(23(26)27)7-9-19(17)21;1-18(2)8-3-9-19-16-6-4-12(20(22)23)10-14(16)15-11-13(21(24)25)5-7-17(15)19;1-17-7-2-8-18-15-5-3-11(19(21)22)9-13(15)14-10-12(20(23)24)4-6-16(14)18/h4-7,11-13H,2-3,8-10H2,1H3;4-7,12-13H,1-3,8-11H2;6-9,12-13H,3-5,10-11H2,1-2H3;4-7,10-11H,3,8-9H2,1-2H3;3-6,9-10,17H,2,7-8H2,1H3. The van der Waals surface area contributed by atoms with Gasteiger partial charge in [0, 0.05) is 269 Å². The normalized spacial score (nSPS) is 13.5. The minimum atomic E-state index is -0.457. The molecule has 7 heterocycles. The second kappa shape index (κ2) is 40.8. The molecule has 40 heteroatoms. The highest BCUT2D eigenvalue weighted by Gasteiger charge is 2.27. The smallest absolute Gasteiger partial charge is 0.270 e. The highest BCUT2D eigenvalue weighted by Crippen LogP contribution is 2.41. The Hall–Kier alpha value is -15.0. The van der Waals surface area contributed by atoms with Gasteiger partial charge in [-0.2, -0.15) is 0 Å². The van der Waals surface area contributed by atoms with Gasteiger partial charge >= 0.3 is 0 Å². The van der Waals surface area contributed by atoms with E-state index in [0.29, 0.717) is 59.9 Å². The van der Waals surface area contributed by atoms with Crippen LogP contribution in [-0.4, -0.2) is 185 Å². The Morgan fingerprint density at radius 1 is 0.308 bits per heavy atom. The third-order valence-electron chi connectivity index (χ3n) is 24.2. The Kier molecular flexibility index (Phi) is 29.0. The first-order valence-corrected chi connectivity index (χ1v) is 42.5. The van der Waals surface area contributed by atoms with Crippen LogP contribution in [0.3, 0.4) is 0 Å². The van der Waals surface area contributed by atoms with Crippen LogP contribution in [0.4, 0.5) is 56.9 Å². The molecule has 130 heavy (non-hydrogen) atoms. The number of nitro benzene ring substituents is 10. The topological polar surface area (TPSA) is 481 Å². The number of nitrogens with zero attached hydrogens (tertiary/aromatic N) is 19. The maximum atomic E-state index is 11.2. The second-order valence-corrected chi connectivity index (χ2v) is 32.3. The molecule has 10 aromatic carbocycles. The van der Waals surface area contributed by atoms with Gasteiger partial charge in [-0.1, -0.05) is 13.8 Å². The lowest BCUT2D eigenvalue weighted by molar-refractivity contribution is -0.385. The Morgan fingerprint density at radius 3 is 0.754 bits per heavy atom. The van der Waals surface area contributed by atoms with Crippen molar-refractivity contribution in [1.82, 2.24) is 47.8 Å². The van der Waals surface area contributed by atoms with Gasteiger partial charge in [-0.25, -0.2) is 0 Å². The second-order valence-electron chi connectivity index (χ2n) is 32.3. The van der Waals surface area contributed by atoms with Gasteiger partial charge in [-0.3, -0.25) is 101 Å². The van der Waals surface area contributed by atoms with Crippen LogP contribution in [-0.2, 0) is 32.7 Å². The number of hydrogen-bond acceptors (Lipinski definition) is 25. The lowest BCUT2D eigenvalue weighted by atomic mass is 10.1. The van der Waals surface area contributed by atoms with E-state index in [1.807, 2.05) is 21.1 Å². The van der Waals surface area contributed by atoms with Crippen molar-refractivity contribution in [3.05, 3.63) is 283 Å². The van der Waals surface area contributed by atoms with Crippen molar-refractivity contribution in [3.8, 4) is 0 Å². The monoisotopic (exact) mass is 1780 g/mol. The van der Waals surface area contributed by atoms with Crippen molar-refractivity contribution in [1.29, 1.82) is 0 Å². The van der Waals surface area contributed by atoms with Crippen molar-refractivity contribution in [2.45, 2.75) is 110 Å². The average Bonchev–Trinajstić information content (AvgIpc) is 1.62. The summed E-state index contributed by atoms with van der Waals surface area (Å²) in [5.41, 5.74) is 8.41. The molecule has 5 aromatic heterocycles. The molecule has 2 aliphatic rings. The molecule has 1 N–H and O–H groups in total. The van der Waals surface area contributed by atoms with Crippen molar-refractivity contribution in [2.24, 2.45) is 0 Å². The number of nitro groups is 10. The third-order valence-corrected chi connectivity index (χ3v) is 24.2. The van der Waals surface area contributed by atoms with E-state index in [2.05, 4.69) is 68.6 Å². The van der Waals surface area contributed by atoms with Crippen LogP contribution in [0, 0.1) is 101 Å². The third kappa shape index (κ3) is 20.3. The molecular weight excluding hydrogens is 1680 g/mol. The quantitative estimate of drug-likeness (QED) is 0.0239. The molecule has 1 unspecified atom stereocenters. The van der Waals surface area contributed by atoms with E-state index >= 15 is 0 Å². The summed E-state index contributed by atoms with van der Waals surface area (Å²) in [6, 6.07) is 47.6. The summed E-state index contributed by atoms with van der Waals surface area (Å²) in [7, 11) is 8.01. The number of aryl methyl sites for hydroxylation is 5. The molecular formula is C90H96N20O20. The predicted molar refractivity (Wildman–Crippen MR) is 498 cm³/mol. The SMILES string of the molecule is CCN(CC)CCCn1c2ccc([N+](=O)[O-])cc2c2cc([N+](=O)[O-])ccc21.CN(C)CCCn1c2ccc([N+](=O)[O-])cc2c2cc([N+](=O)[O-])ccc21.CN1CCCC1CCn1c2ccc([N+](=O)[O-])cc2c2cc([N+](=O)[O-])ccc21.CNCCCn1c2ccc([N+](=O)[O-])cc2c2cc([N+](=O)[O-])ccc21.O=[N+]([O-])c1ccc2c(c1)c1cc([N+](=O)[O-])ccc1n2CCCN1CCCC1. The lowest BCUT2D eigenvalue weighted by Gasteiger charge is -2.20. The molecule has 2 aliphatic heterocycles. The number of benzene rings is 10. The van der Waals surface area contributed by atoms with Crippen molar-refractivity contribution in [3.63, 3.8) is 0 Å². The van der Waals surface area contributed by atoms with Gasteiger partial charge in [-0.05, 0) is 206 Å². The molecule has 17 rings (SSSR count). The van der Waals surface area contributed by atoms with Crippen LogP contribution in [0.5, 0.6) is 0 Å². The molecule has 676 valence electrons. The Morgan fingerprint density at radius 2 is 0.538 bits per heavy atom. The van der Waals surface area contributed by atoms with Crippen molar-refractivity contribution < 1.29 is 49.2 Å². The summed E-state index contributed by atoms with van der Waals surface area (Å²) in [6.07, 6.45) is 9.52. The first-order valence-electron chi connectivity index (χ1n) is 42.5. The minimum absolute atomic E-state index is 0.00915. The van der Waals surface area contributed by atoms with Crippen LogP contribution >= 0.6 is 0 Å². The van der Waals surface area contributed by atoms with Crippen LogP contribution in [0.15, 0.2) is 182 Å². The minimum Gasteiger partial charge on any atom is -0.340 e. The number of non-ortho nitro benzene ring substituents is 10. The number of hydrogen-bond donors (Lipinski definition) is 1. The van der Waals surface area contributed by atoms with E-state index in [-0.39, 0.29) is 56.9 Å². The molecule has 2 fully saturated rings. The molecule has 0 aliphatic carbocycles. The van der Waals surface area contributed by atoms with Crippen LogP contribution in [0.25, 0.3) is 109 Å². The Bertz CT molecular complexity index is 6420. The molecule has 0 bridgehead atoms. The maximum Gasteiger partial charge on any atom is 0.270 e. The van der Waals surface area contributed by atoms with Gasteiger partial charge in [0.1, 0.15) is 0 Å². The zero-order chi connectivity index (χ0) is 93.1. The fourth-order valence-corrected chi connectivity index (χ4v) is 17.8. The molecule has 15 aromatic rings.